The van der Waals surface area contributed by atoms with Crippen LogP contribution in [0.3, 0.4) is 0 Å². The number of fused-ring (bicyclic) bond motifs is 2. The summed E-state index contributed by atoms with van der Waals surface area (Å²) in [6.45, 7) is 5.29. The van der Waals surface area contributed by atoms with Gasteiger partial charge < -0.3 is 10.1 Å². The third-order valence-corrected chi connectivity index (χ3v) is 3.94. The molecule has 5 heteroatoms. The van der Waals surface area contributed by atoms with Gasteiger partial charge in [-0.25, -0.2) is 0 Å². The molecule has 2 N–H and O–H groups in total. The lowest BCUT2D eigenvalue weighted by Crippen LogP contribution is -2.53. The molecular formula is C15H19N3O2. The van der Waals surface area contributed by atoms with E-state index in [-0.39, 0.29) is 11.8 Å². The van der Waals surface area contributed by atoms with Crippen molar-refractivity contribution in [2.24, 2.45) is 10.9 Å². The molecule has 5 nitrogen and oxygen atoms in total. The summed E-state index contributed by atoms with van der Waals surface area (Å²) in [5.41, 5.74) is 0.125. The van der Waals surface area contributed by atoms with Crippen molar-refractivity contribution in [2.45, 2.75) is 25.8 Å². The Kier molecular flexibility index (Phi) is 3.12. The van der Waals surface area contributed by atoms with Gasteiger partial charge in [0.2, 0.25) is 0 Å². The second-order valence-electron chi connectivity index (χ2n) is 5.33. The Labute approximate surface area is 118 Å². The van der Waals surface area contributed by atoms with Crippen molar-refractivity contribution in [3.63, 3.8) is 0 Å². The van der Waals surface area contributed by atoms with Crippen LogP contribution in [0.4, 0.5) is 0 Å². The van der Waals surface area contributed by atoms with Crippen molar-refractivity contribution in [3.8, 4) is 5.75 Å². The fraction of sp³-hybridized carbons (Fsp3) is 0.467. The zero-order chi connectivity index (χ0) is 14.2. The summed E-state index contributed by atoms with van der Waals surface area (Å²) in [7, 11) is 0. The Morgan fingerprint density at radius 3 is 3.05 bits per heavy atom. The topological polar surface area (TPSA) is 62.7 Å². The van der Waals surface area contributed by atoms with E-state index in [4.69, 9.17) is 4.74 Å². The molecule has 1 spiro atoms. The van der Waals surface area contributed by atoms with Crippen LogP contribution in [-0.2, 0) is 10.3 Å². The van der Waals surface area contributed by atoms with E-state index in [0.29, 0.717) is 19.1 Å². The molecular weight excluding hydrogens is 254 g/mol. The van der Waals surface area contributed by atoms with Crippen molar-refractivity contribution >= 4 is 11.9 Å². The van der Waals surface area contributed by atoms with Gasteiger partial charge in [0.1, 0.15) is 5.75 Å². The quantitative estimate of drug-likeness (QED) is 0.856. The zero-order valence-corrected chi connectivity index (χ0v) is 11.8. The minimum Gasteiger partial charge on any atom is -0.493 e. The zero-order valence-electron chi connectivity index (χ0n) is 11.8. The maximum atomic E-state index is 12.6. The fourth-order valence-electron chi connectivity index (χ4n) is 2.84. The van der Waals surface area contributed by atoms with Crippen molar-refractivity contribution in [1.82, 2.24) is 10.6 Å². The van der Waals surface area contributed by atoms with Gasteiger partial charge in [-0.1, -0.05) is 32.0 Å². The largest absolute Gasteiger partial charge is 0.493 e. The predicted octanol–water partition coefficient (Wildman–Crippen LogP) is 1.40. The molecule has 2 aliphatic heterocycles. The number of carbonyl (C=O) groups is 1. The Morgan fingerprint density at radius 2 is 2.25 bits per heavy atom. The molecule has 1 amide bonds. The SMILES string of the molecule is CCCN=C1NC(=O)C2(N1)c1ccccc1OCC2C. The van der Waals surface area contributed by atoms with Crippen molar-refractivity contribution in [3.05, 3.63) is 29.8 Å². The highest BCUT2D eigenvalue weighted by atomic mass is 16.5. The number of benzene rings is 1. The van der Waals surface area contributed by atoms with Gasteiger partial charge in [0, 0.05) is 18.0 Å². The molecule has 1 aromatic rings. The second-order valence-corrected chi connectivity index (χ2v) is 5.33. The smallest absolute Gasteiger partial charge is 0.257 e. The summed E-state index contributed by atoms with van der Waals surface area (Å²) < 4.78 is 5.73. The van der Waals surface area contributed by atoms with Crippen molar-refractivity contribution < 1.29 is 9.53 Å². The molecule has 20 heavy (non-hydrogen) atoms. The summed E-state index contributed by atoms with van der Waals surface area (Å²) in [6, 6.07) is 7.69. The number of amides is 1. The first-order valence-corrected chi connectivity index (χ1v) is 7.05. The molecule has 0 aliphatic carbocycles. The van der Waals surface area contributed by atoms with Gasteiger partial charge in [0.25, 0.3) is 5.91 Å². The number of para-hydroxylation sites is 1. The normalized spacial score (nSPS) is 29.8. The number of hydrogen-bond donors (Lipinski definition) is 2. The van der Waals surface area contributed by atoms with E-state index in [1.165, 1.54) is 0 Å². The average molecular weight is 273 g/mol. The van der Waals surface area contributed by atoms with E-state index < -0.39 is 5.54 Å². The number of carbonyl (C=O) groups excluding carboxylic acids is 1. The second kappa shape index (κ2) is 4.81. The number of rotatable bonds is 2. The van der Waals surface area contributed by atoms with Gasteiger partial charge in [-0.15, -0.1) is 0 Å². The Balaban J connectivity index is 2.05. The number of hydrogen-bond acceptors (Lipinski definition) is 3. The number of aliphatic imine (C=N–C) groups is 1. The Bertz CT molecular complexity index is 570. The van der Waals surface area contributed by atoms with Crippen molar-refractivity contribution in [2.75, 3.05) is 13.2 Å². The third kappa shape index (κ3) is 1.77. The van der Waals surface area contributed by atoms with E-state index in [1.807, 2.05) is 31.2 Å². The van der Waals surface area contributed by atoms with Gasteiger partial charge >= 0.3 is 0 Å². The first-order chi connectivity index (χ1) is 9.68. The number of nitrogens with zero attached hydrogens (tertiary/aromatic N) is 1. The van der Waals surface area contributed by atoms with E-state index in [0.717, 1.165) is 17.7 Å². The highest BCUT2D eigenvalue weighted by Gasteiger charge is 2.54. The van der Waals surface area contributed by atoms with Gasteiger partial charge in [0.05, 0.1) is 6.61 Å². The third-order valence-electron chi connectivity index (χ3n) is 3.94. The summed E-state index contributed by atoms with van der Waals surface area (Å²) in [4.78, 5) is 17.0. The monoisotopic (exact) mass is 273 g/mol. The van der Waals surface area contributed by atoms with Crippen LogP contribution in [-0.4, -0.2) is 25.0 Å². The maximum absolute atomic E-state index is 12.6. The minimum absolute atomic E-state index is 0.0340. The maximum Gasteiger partial charge on any atom is 0.257 e. The lowest BCUT2D eigenvalue weighted by Gasteiger charge is -2.38. The van der Waals surface area contributed by atoms with E-state index >= 15 is 0 Å². The lowest BCUT2D eigenvalue weighted by molar-refractivity contribution is -0.127. The standard InChI is InChI=1S/C15H19N3O2/c1-3-8-16-14-17-13(19)15(18-14)10(2)9-20-12-7-5-4-6-11(12)15/h4-7,10H,3,8-9H2,1-2H3,(H2,16,17,18,19). The summed E-state index contributed by atoms with van der Waals surface area (Å²) in [6.07, 6.45) is 0.948. The summed E-state index contributed by atoms with van der Waals surface area (Å²) in [5.74, 6) is 1.33. The van der Waals surface area contributed by atoms with Gasteiger partial charge in [-0.3, -0.25) is 15.1 Å². The molecule has 1 saturated heterocycles. The Hall–Kier alpha value is -2.04. The molecule has 2 atom stereocenters. The van der Waals surface area contributed by atoms with Crippen LogP contribution < -0.4 is 15.4 Å². The molecule has 1 aromatic carbocycles. The molecule has 106 valence electrons. The summed E-state index contributed by atoms with van der Waals surface area (Å²) >= 11 is 0. The number of guanidine groups is 1. The van der Waals surface area contributed by atoms with Crippen LogP contribution >= 0.6 is 0 Å². The molecule has 1 fully saturated rings. The van der Waals surface area contributed by atoms with Crippen LogP contribution in [0.2, 0.25) is 0 Å². The van der Waals surface area contributed by atoms with Crippen LogP contribution in [0.25, 0.3) is 0 Å². The average Bonchev–Trinajstić information content (AvgIpc) is 2.79. The first-order valence-electron chi connectivity index (χ1n) is 7.05. The predicted molar refractivity (Wildman–Crippen MR) is 76.7 cm³/mol. The molecule has 2 heterocycles. The number of ether oxygens (including phenoxy) is 1. The first kappa shape index (κ1) is 13.0. The van der Waals surface area contributed by atoms with E-state index in [1.54, 1.807) is 0 Å². The molecule has 3 rings (SSSR count). The van der Waals surface area contributed by atoms with Crippen LogP contribution in [0.15, 0.2) is 29.3 Å². The fourth-order valence-corrected chi connectivity index (χ4v) is 2.84. The van der Waals surface area contributed by atoms with Crippen LogP contribution in [0.5, 0.6) is 5.75 Å². The van der Waals surface area contributed by atoms with E-state index in [9.17, 15) is 4.79 Å². The van der Waals surface area contributed by atoms with Gasteiger partial charge in [-0.05, 0) is 12.5 Å². The molecule has 0 aromatic heterocycles. The highest BCUT2D eigenvalue weighted by Crippen LogP contribution is 2.41. The lowest BCUT2D eigenvalue weighted by atomic mass is 9.77. The molecule has 2 unspecified atom stereocenters. The van der Waals surface area contributed by atoms with Crippen LogP contribution in [0, 0.1) is 5.92 Å². The number of nitrogens with one attached hydrogen (secondary N) is 2. The van der Waals surface area contributed by atoms with Crippen molar-refractivity contribution in [1.29, 1.82) is 0 Å². The van der Waals surface area contributed by atoms with Gasteiger partial charge in [0.15, 0.2) is 11.5 Å². The Morgan fingerprint density at radius 1 is 1.45 bits per heavy atom. The molecule has 0 bridgehead atoms. The van der Waals surface area contributed by atoms with Gasteiger partial charge in [-0.2, -0.15) is 0 Å². The highest BCUT2D eigenvalue weighted by molar-refractivity contribution is 6.10. The molecule has 2 aliphatic rings. The minimum atomic E-state index is -0.762. The van der Waals surface area contributed by atoms with E-state index in [2.05, 4.69) is 22.5 Å². The molecule has 0 saturated carbocycles. The molecule has 0 radical (unpaired) electrons. The summed E-state index contributed by atoms with van der Waals surface area (Å²) in [5, 5.41) is 6.17. The van der Waals surface area contributed by atoms with Crippen LogP contribution in [0.1, 0.15) is 25.8 Å².